The molecule has 22 heavy (non-hydrogen) atoms. The van der Waals surface area contributed by atoms with Crippen LogP contribution in [0, 0.1) is 16.7 Å². The van der Waals surface area contributed by atoms with Crippen molar-refractivity contribution in [2.45, 2.75) is 46.5 Å². The molecule has 1 atom stereocenters. The second kappa shape index (κ2) is 5.91. The van der Waals surface area contributed by atoms with Gasteiger partial charge in [0.2, 0.25) is 0 Å². The Morgan fingerprint density at radius 2 is 1.36 bits per heavy atom. The molecule has 1 aliphatic rings. The van der Waals surface area contributed by atoms with Crippen molar-refractivity contribution >= 4 is 0 Å². The number of hydrogen-bond acceptors (Lipinski definition) is 0. The van der Waals surface area contributed by atoms with Gasteiger partial charge in [-0.2, -0.15) is 0 Å². The summed E-state index contributed by atoms with van der Waals surface area (Å²) < 4.78 is 0. The van der Waals surface area contributed by atoms with E-state index < -0.39 is 0 Å². The molecule has 0 heteroatoms. The minimum atomic E-state index is 0.311. The maximum atomic E-state index is 2.42. The van der Waals surface area contributed by atoms with Gasteiger partial charge in [0.05, 0.1) is 0 Å². The zero-order valence-corrected chi connectivity index (χ0v) is 14.1. The first-order valence-corrected chi connectivity index (χ1v) is 8.44. The van der Waals surface area contributed by atoms with Crippen LogP contribution in [0.25, 0.3) is 0 Å². The molecule has 0 saturated heterocycles. The van der Waals surface area contributed by atoms with Crippen LogP contribution in [-0.2, 0) is 12.8 Å². The van der Waals surface area contributed by atoms with Gasteiger partial charge in [-0.3, -0.25) is 0 Å². The molecule has 0 amide bonds. The maximum absolute atomic E-state index is 2.42. The van der Waals surface area contributed by atoms with Gasteiger partial charge in [-0.1, -0.05) is 81.4 Å². The molecular weight excluding hydrogens is 264 g/mol. The first-order valence-electron chi connectivity index (χ1n) is 8.44. The molecule has 0 nitrogen and oxygen atoms in total. The second-order valence-corrected chi connectivity index (χ2v) is 7.76. The third-order valence-electron chi connectivity index (χ3n) is 5.58. The van der Waals surface area contributed by atoms with Gasteiger partial charge >= 0.3 is 0 Å². The minimum absolute atomic E-state index is 0.311. The summed E-state index contributed by atoms with van der Waals surface area (Å²) in [6.45, 7) is 7.25. The van der Waals surface area contributed by atoms with Gasteiger partial charge in [-0.05, 0) is 53.6 Å². The van der Waals surface area contributed by atoms with E-state index in [2.05, 4.69) is 81.4 Å². The fraction of sp³-hybridized carbons (Fsp3) is 0.409. The normalized spacial score (nSPS) is 22.3. The third kappa shape index (κ3) is 2.84. The zero-order chi connectivity index (χ0) is 15.6. The van der Waals surface area contributed by atoms with Crippen molar-refractivity contribution in [3.05, 3.63) is 77.7 Å². The van der Waals surface area contributed by atoms with Crippen LogP contribution in [0.2, 0.25) is 0 Å². The minimum Gasteiger partial charge on any atom is -0.0622 e. The fourth-order valence-corrected chi connectivity index (χ4v) is 4.03. The topological polar surface area (TPSA) is 0 Å². The van der Waals surface area contributed by atoms with Gasteiger partial charge in [0.25, 0.3) is 0 Å². The smallest absolute Gasteiger partial charge is 0.0127 e. The molecule has 3 rings (SSSR count). The van der Waals surface area contributed by atoms with Gasteiger partial charge in [0.15, 0.2) is 0 Å². The first kappa shape index (κ1) is 15.3. The van der Waals surface area contributed by atoms with Crippen molar-refractivity contribution in [1.82, 2.24) is 0 Å². The van der Waals surface area contributed by atoms with E-state index in [1.807, 2.05) is 0 Å². The Morgan fingerprint density at radius 1 is 0.818 bits per heavy atom. The van der Waals surface area contributed by atoms with E-state index in [-0.39, 0.29) is 0 Å². The lowest BCUT2D eigenvalue weighted by molar-refractivity contribution is 0.0244. The van der Waals surface area contributed by atoms with Crippen LogP contribution in [0.15, 0.2) is 60.7 Å². The lowest BCUT2D eigenvalue weighted by atomic mass is 9.46. The monoisotopic (exact) mass is 291 g/mol. The van der Waals surface area contributed by atoms with Gasteiger partial charge in [0.1, 0.15) is 0 Å². The van der Waals surface area contributed by atoms with Crippen molar-refractivity contribution in [3.63, 3.8) is 0 Å². The van der Waals surface area contributed by atoms with Crippen LogP contribution in [-0.4, -0.2) is 0 Å². The Morgan fingerprint density at radius 3 is 1.82 bits per heavy atom. The summed E-state index contributed by atoms with van der Waals surface area (Å²) in [5.74, 6) is 1.75. The maximum Gasteiger partial charge on any atom is -0.0127 e. The molecular formula is C22H27. The van der Waals surface area contributed by atoms with Crippen molar-refractivity contribution < 1.29 is 0 Å². The lowest BCUT2D eigenvalue weighted by Crippen LogP contribution is -2.50. The molecule has 1 saturated carbocycles. The van der Waals surface area contributed by atoms with Gasteiger partial charge in [0, 0.05) is 0 Å². The van der Waals surface area contributed by atoms with Gasteiger partial charge < -0.3 is 0 Å². The summed E-state index contributed by atoms with van der Waals surface area (Å²) in [6, 6.07) is 22.0. The number of hydrogen-bond donors (Lipinski definition) is 0. The van der Waals surface area contributed by atoms with E-state index in [0.29, 0.717) is 10.8 Å². The third-order valence-corrected chi connectivity index (χ3v) is 5.58. The summed E-state index contributed by atoms with van der Waals surface area (Å²) in [4.78, 5) is 0. The molecule has 1 radical (unpaired) electrons. The summed E-state index contributed by atoms with van der Waals surface area (Å²) in [6.07, 6.45) is 4.94. The van der Waals surface area contributed by atoms with Crippen molar-refractivity contribution in [3.8, 4) is 0 Å². The molecule has 1 unspecified atom stereocenters. The highest BCUT2D eigenvalue weighted by atomic mass is 14.6. The molecule has 0 spiro atoms. The Hall–Kier alpha value is -1.56. The standard InChI is InChI=1S/C22H27/c1-21(2,3)22(17-19-12-8-5-9-13-19)15-14-20(22)16-18-10-6-4-7-11-18/h4-13H,14-17H2,1-3H3. The highest BCUT2D eigenvalue weighted by molar-refractivity contribution is 5.31. The average Bonchev–Trinajstić information content (AvgIpc) is 2.50. The predicted molar refractivity (Wildman–Crippen MR) is 94.7 cm³/mol. The van der Waals surface area contributed by atoms with Crippen LogP contribution in [0.1, 0.15) is 44.7 Å². The van der Waals surface area contributed by atoms with E-state index in [0.717, 1.165) is 6.42 Å². The SMILES string of the molecule is CC(C)(C)C1(Cc2ccccc2)CC[C]1Cc1ccccc1. The van der Waals surface area contributed by atoms with Crippen molar-refractivity contribution in [2.75, 3.05) is 0 Å². The van der Waals surface area contributed by atoms with Gasteiger partial charge in [-0.15, -0.1) is 0 Å². The van der Waals surface area contributed by atoms with E-state index >= 15 is 0 Å². The lowest BCUT2D eigenvalue weighted by Gasteiger charge is -2.58. The predicted octanol–water partition coefficient (Wildman–Crippen LogP) is 5.87. The molecule has 115 valence electrons. The Balaban J connectivity index is 1.84. The van der Waals surface area contributed by atoms with Crippen LogP contribution < -0.4 is 0 Å². The summed E-state index contributed by atoms with van der Waals surface area (Å²) >= 11 is 0. The van der Waals surface area contributed by atoms with Gasteiger partial charge in [-0.25, -0.2) is 0 Å². The van der Waals surface area contributed by atoms with E-state index in [4.69, 9.17) is 0 Å². The van der Waals surface area contributed by atoms with Crippen molar-refractivity contribution in [2.24, 2.45) is 10.8 Å². The molecule has 0 aromatic heterocycles. The zero-order valence-electron chi connectivity index (χ0n) is 14.1. The number of benzene rings is 2. The molecule has 0 heterocycles. The Kier molecular flexibility index (Phi) is 4.12. The molecule has 2 aromatic carbocycles. The summed E-state index contributed by atoms with van der Waals surface area (Å²) in [5, 5.41) is 0. The van der Waals surface area contributed by atoms with Crippen LogP contribution in [0.3, 0.4) is 0 Å². The molecule has 1 fully saturated rings. The van der Waals surface area contributed by atoms with Crippen LogP contribution >= 0.6 is 0 Å². The largest absolute Gasteiger partial charge is 0.0622 e. The second-order valence-electron chi connectivity index (χ2n) is 7.76. The Labute approximate surface area is 135 Å². The highest BCUT2D eigenvalue weighted by Gasteiger charge is 2.53. The highest BCUT2D eigenvalue weighted by Crippen LogP contribution is 2.61. The number of rotatable bonds is 4. The van der Waals surface area contributed by atoms with E-state index in [9.17, 15) is 0 Å². The molecule has 0 N–H and O–H groups in total. The van der Waals surface area contributed by atoms with E-state index in [1.54, 1.807) is 5.92 Å². The molecule has 0 bridgehead atoms. The summed E-state index contributed by atoms with van der Waals surface area (Å²) in [5.41, 5.74) is 3.59. The first-order chi connectivity index (χ1) is 10.5. The van der Waals surface area contributed by atoms with Crippen molar-refractivity contribution in [1.29, 1.82) is 0 Å². The fourth-order valence-electron chi connectivity index (χ4n) is 4.03. The quantitative estimate of drug-likeness (QED) is 0.660. The van der Waals surface area contributed by atoms with Crippen LogP contribution in [0.4, 0.5) is 0 Å². The van der Waals surface area contributed by atoms with Crippen LogP contribution in [0.5, 0.6) is 0 Å². The summed E-state index contributed by atoms with van der Waals surface area (Å²) in [7, 11) is 0. The molecule has 1 aliphatic carbocycles. The van der Waals surface area contributed by atoms with E-state index in [1.165, 1.54) is 30.4 Å². The Bertz CT molecular complexity index is 591. The average molecular weight is 291 g/mol. The molecule has 2 aromatic rings. The molecule has 0 aliphatic heterocycles.